The Morgan fingerprint density at radius 2 is 2.21 bits per heavy atom. The number of primary amides is 1. The summed E-state index contributed by atoms with van der Waals surface area (Å²) < 4.78 is 1.54. The van der Waals surface area contributed by atoms with Crippen LogP contribution in [-0.2, 0) is 11.8 Å². The van der Waals surface area contributed by atoms with Crippen LogP contribution in [0.25, 0.3) is 0 Å². The molecule has 0 fully saturated rings. The average molecular weight is 264 g/mol. The highest BCUT2D eigenvalue weighted by Crippen LogP contribution is 2.24. The van der Waals surface area contributed by atoms with Crippen molar-refractivity contribution in [1.29, 1.82) is 0 Å². The standard InChI is InChI=1S/C12H16N4O3/c1-6-9(10(13)17)11(16(2)15-6)14-8-4-3-7(5-8)12(18)19/h3-4,7-8,14H,5H2,1-2H3,(H2,13,17)(H,18,19). The van der Waals surface area contributed by atoms with Crippen LogP contribution >= 0.6 is 0 Å². The van der Waals surface area contributed by atoms with Crippen molar-refractivity contribution in [2.75, 3.05) is 5.32 Å². The number of carboxylic acid groups (broad SMARTS) is 1. The zero-order valence-corrected chi connectivity index (χ0v) is 10.8. The van der Waals surface area contributed by atoms with Crippen LogP contribution in [0.3, 0.4) is 0 Å². The van der Waals surface area contributed by atoms with E-state index in [1.807, 2.05) is 0 Å². The second-order valence-corrected chi connectivity index (χ2v) is 4.61. The SMILES string of the molecule is Cc1nn(C)c(NC2C=CC(C(=O)O)C2)c1C(N)=O. The van der Waals surface area contributed by atoms with Gasteiger partial charge in [-0.1, -0.05) is 12.2 Å². The average Bonchev–Trinajstić information content (AvgIpc) is 2.85. The molecule has 7 heteroatoms. The van der Waals surface area contributed by atoms with Crippen LogP contribution in [0.2, 0.25) is 0 Å². The summed E-state index contributed by atoms with van der Waals surface area (Å²) in [6.45, 7) is 1.70. The maximum absolute atomic E-state index is 11.4. The zero-order chi connectivity index (χ0) is 14.2. The number of aliphatic carboxylic acids is 1. The number of nitrogens with two attached hydrogens (primary N) is 1. The predicted octanol–water partition coefficient (Wildman–Crippen LogP) is 0.269. The van der Waals surface area contributed by atoms with E-state index in [4.69, 9.17) is 10.8 Å². The van der Waals surface area contributed by atoms with E-state index < -0.39 is 17.8 Å². The Morgan fingerprint density at radius 3 is 2.74 bits per heavy atom. The Hall–Kier alpha value is -2.31. The van der Waals surface area contributed by atoms with Crippen molar-refractivity contribution >= 4 is 17.7 Å². The molecule has 0 aliphatic heterocycles. The van der Waals surface area contributed by atoms with Crippen LogP contribution in [0.1, 0.15) is 22.5 Å². The molecule has 1 aliphatic rings. The smallest absolute Gasteiger partial charge is 0.310 e. The predicted molar refractivity (Wildman–Crippen MR) is 68.8 cm³/mol. The number of nitrogens with one attached hydrogen (secondary N) is 1. The maximum atomic E-state index is 11.4. The van der Waals surface area contributed by atoms with E-state index in [1.54, 1.807) is 26.1 Å². The largest absolute Gasteiger partial charge is 0.481 e. The Morgan fingerprint density at radius 1 is 1.53 bits per heavy atom. The van der Waals surface area contributed by atoms with Gasteiger partial charge in [-0.3, -0.25) is 14.3 Å². The molecule has 1 heterocycles. The van der Waals surface area contributed by atoms with Crippen molar-refractivity contribution in [2.24, 2.45) is 18.7 Å². The third kappa shape index (κ3) is 2.44. The van der Waals surface area contributed by atoms with Gasteiger partial charge in [-0.15, -0.1) is 0 Å². The van der Waals surface area contributed by atoms with Crippen LogP contribution < -0.4 is 11.1 Å². The molecule has 102 valence electrons. The molecule has 2 rings (SSSR count). The van der Waals surface area contributed by atoms with E-state index in [1.165, 1.54) is 4.68 Å². The number of aromatic nitrogens is 2. The number of carbonyl (C=O) groups excluding carboxylic acids is 1. The third-order valence-electron chi connectivity index (χ3n) is 3.19. The maximum Gasteiger partial charge on any atom is 0.310 e. The van der Waals surface area contributed by atoms with Gasteiger partial charge >= 0.3 is 5.97 Å². The number of carboxylic acids is 1. The first-order valence-corrected chi connectivity index (χ1v) is 5.91. The van der Waals surface area contributed by atoms with Gasteiger partial charge in [-0.25, -0.2) is 0 Å². The number of rotatable bonds is 4. The molecule has 19 heavy (non-hydrogen) atoms. The molecule has 1 aromatic heterocycles. The molecule has 2 unspecified atom stereocenters. The number of hydrogen-bond acceptors (Lipinski definition) is 4. The van der Waals surface area contributed by atoms with Gasteiger partial charge in [-0.2, -0.15) is 5.10 Å². The topological polar surface area (TPSA) is 110 Å². The number of nitrogens with zero attached hydrogens (tertiary/aromatic N) is 2. The monoisotopic (exact) mass is 264 g/mol. The molecule has 1 amide bonds. The van der Waals surface area contributed by atoms with E-state index >= 15 is 0 Å². The van der Waals surface area contributed by atoms with Crippen LogP contribution in [0.15, 0.2) is 12.2 Å². The minimum atomic E-state index is -0.850. The number of aryl methyl sites for hydroxylation is 2. The van der Waals surface area contributed by atoms with Crippen LogP contribution in [-0.4, -0.2) is 32.8 Å². The Labute approximate surface area is 110 Å². The van der Waals surface area contributed by atoms with Gasteiger partial charge in [0.2, 0.25) is 0 Å². The van der Waals surface area contributed by atoms with Crippen LogP contribution in [0.5, 0.6) is 0 Å². The van der Waals surface area contributed by atoms with E-state index in [9.17, 15) is 9.59 Å². The summed E-state index contributed by atoms with van der Waals surface area (Å²) in [7, 11) is 1.70. The molecule has 4 N–H and O–H groups in total. The molecule has 0 radical (unpaired) electrons. The molecule has 0 aromatic carbocycles. The van der Waals surface area contributed by atoms with Gasteiger partial charge in [0.1, 0.15) is 11.4 Å². The van der Waals surface area contributed by atoms with Gasteiger partial charge in [0, 0.05) is 13.1 Å². The van der Waals surface area contributed by atoms with E-state index in [2.05, 4.69) is 10.4 Å². The fourth-order valence-corrected chi connectivity index (χ4v) is 2.28. The minimum Gasteiger partial charge on any atom is -0.481 e. The van der Waals surface area contributed by atoms with Gasteiger partial charge in [0.05, 0.1) is 11.6 Å². The molecule has 7 nitrogen and oxygen atoms in total. The lowest BCUT2D eigenvalue weighted by molar-refractivity contribution is -0.140. The van der Waals surface area contributed by atoms with Crippen molar-refractivity contribution in [1.82, 2.24) is 9.78 Å². The highest BCUT2D eigenvalue weighted by Gasteiger charge is 2.27. The van der Waals surface area contributed by atoms with Crippen molar-refractivity contribution in [3.63, 3.8) is 0 Å². The van der Waals surface area contributed by atoms with Crippen LogP contribution in [0.4, 0.5) is 5.82 Å². The molecule has 1 aliphatic carbocycles. The van der Waals surface area contributed by atoms with Crippen LogP contribution in [0, 0.1) is 12.8 Å². The number of anilines is 1. The molecule has 2 atom stereocenters. The fraction of sp³-hybridized carbons (Fsp3) is 0.417. The summed E-state index contributed by atoms with van der Waals surface area (Å²) >= 11 is 0. The normalized spacial score (nSPS) is 21.6. The highest BCUT2D eigenvalue weighted by atomic mass is 16.4. The first-order chi connectivity index (χ1) is 8.90. The van der Waals surface area contributed by atoms with Crippen molar-refractivity contribution in [3.05, 3.63) is 23.4 Å². The van der Waals surface area contributed by atoms with Gasteiger partial charge in [0.15, 0.2) is 0 Å². The summed E-state index contributed by atoms with van der Waals surface area (Å²) in [6.07, 6.45) is 3.87. The lowest BCUT2D eigenvalue weighted by atomic mass is 10.1. The van der Waals surface area contributed by atoms with E-state index in [0.717, 1.165) is 0 Å². The summed E-state index contributed by atoms with van der Waals surface area (Å²) in [6, 6.07) is -0.144. The Kier molecular flexibility index (Phi) is 3.28. The molecule has 0 bridgehead atoms. The van der Waals surface area contributed by atoms with Crippen molar-refractivity contribution in [2.45, 2.75) is 19.4 Å². The van der Waals surface area contributed by atoms with Gasteiger partial charge in [0.25, 0.3) is 5.91 Å². The third-order valence-corrected chi connectivity index (χ3v) is 3.19. The van der Waals surface area contributed by atoms with Crippen molar-refractivity contribution in [3.8, 4) is 0 Å². The fourth-order valence-electron chi connectivity index (χ4n) is 2.28. The Bertz CT molecular complexity index is 562. The second-order valence-electron chi connectivity index (χ2n) is 4.61. The second kappa shape index (κ2) is 4.75. The molecule has 1 aromatic rings. The number of carbonyl (C=O) groups is 2. The lowest BCUT2D eigenvalue weighted by Crippen LogP contribution is -2.22. The van der Waals surface area contributed by atoms with E-state index in [-0.39, 0.29) is 6.04 Å². The quantitative estimate of drug-likeness (QED) is 0.676. The minimum absolute atomic E-state index is 0.144. The highest BCUT2D eigenvalue weighted by molar-refractivity contribution is 5.99. The molecule has 0 spiro atoms. The summed E-state index contributed by atoms with van der Waals surface area (Å²) in [5, 5.41) is 16.2. The van der Waals surface area contributed by atoms with E-state index in [0.29, 0.717) is 23.5 Å². The number of hydrogen-bond donors (Lipinski definition) is 3. The van der Waals surface area contributed by atoms with Gasteiger partial charge < -0.3 is 16.2 Å². The van der Waals surface area contributed by atoms with Gasteiger partial charge in [-0.05, 0) is 13.3 Å². The summed E-state index contributed by atoms with van der Waals surface area (Å²) in [5.41, 5.74) is 6.23. The molecule has 0 saturated carbocycles. The first kappa shape index (κ1) is 13.1. The zero-order valence-electron chi connectivity index (χ0n) is 10.8. The molecular weight excluding hydrogens is 248 g/mol. The Balaban J connectivity index is 2.19. The molecular formula is C12H16N4O3. The molecule has 0 saturated heterocycles. The lowest BCUT2D eigenvalue weighted by Gasteiger charge is -2.14. The summed E-state index contributed by atoms with van der Waals surface area (Å²) in [4.78, 5) is 22.3. The summed E-state index contributed by atoms with van der Waals surface area (Å²) in [5.74, 6) is -1.38. The van der Waals surface area contributed by atoms with Crippen molar-refractivity contribution < 1.29 is 14.7 Å². The first-order valence-electron chi connectivity index (χ1n) is 5.91. The number of amides is 1.